The molecule has 256 valence electrons. The second kappa shape index (κ2) is 11.9. The van der Waals surface area contributed by atoms with Gasteiger partial charge in [-0.3, -0.25) is 0 Å². The third-order valence-corrected chi connectivity index (χ3v) is 13.3. The summed E-state index contributed by atoms with van der Waals surface area (Å²) in [5, 5.41) is 8.47. The zero-order valence-corrected chi connectivity index (χ0v) is 31.0. The Morgan fingerprint density at radius 1 is 0.382 bits per heavy atom. The number of rotatable bonds is 4. The number of hydrogen-bond donors (Lipinski definition) is 0. The monoisotopic (exact) mass is 735 g/mol. The van der Waals surface area contributed by atoms with Crippen molar-refractivity contribution in [3.05, 3.63) is 176 Å². The molecule has 0 N–H and O–H groups in total. The molecule has 8 aromatic carbocycles. The lowest BCUT2D eigenvalue weighted by atomic mass is 9.96. The van der Waals surface area contributed by atoms with Gasteiger partial charge in [-0.1, -0.05) is 109 Å². The molecule has 0 atom stereocenters. The van der Waals surface area contributed by atoms with Crippen LogP contribution in [0.3, 0.4) is 0 Å². The van der Waals surface area contributed by atoms with Crippen LogP contribution in [-0.4, -0.2) is 14.5 Å². The maximum atomic E-state index is 5.57. The largest absolute Gasteiger partial charge is 0.309 e. The molecule has 0 radical (unpaired) electrons. The van der Waals surface area contributed by atoms with E-state index in [9.17, 15) is 0 Å². The summed E-state index contributed by atoms with van der Waals surface area (Å²) in [4.78, 5) is 10.9. The van der Waals surface area contributed by atoms with Gasteiger partial charge in [-0.25, -0.2) is 9.97 Å². The van der Waals surface area contributed by atoms with Crippen molar-refractivity contribution in [2.75, 3.05) is 0 Å². The molecule has 0 bridgehead atoms. The van der Waals surface area contributed by atoms with E-state index in [4.69, 9.17) is 9.97 Å². The summed E-state index contributed by atoms with van der Waals surface area (Å²) < 4.78 is 7.42. The second-order valence-electron chi connectivity index (χ2n) is 14.1. The number of nitrogens with zero attached hydrogens (tertiary/aromatic N) is 3. The lowest BCUT2D eigenvalue weighted by molar-refractivity contribution is 1.18. The van der Waals surface area contributed by atoms with Crippen LogP contribution in [0.1, 0.15) is 0 Å². The first-order valence-electron chi connectivity index (χ1n) is 18.5. The molecule has 0 fully saturated rings. The van der Waals surface area contributed by atoms with E-state index in [0.717, 1.165) is 50.4 Å². The van der Waals surface area contributed by atoms with Gasteiger partial charge in [-0.2, -0.15) is 0 Å². The predicted molar refractivity (Wildman–Crippen MR) is 236 cm³/mol. The molecular formula is C50H29N3S2. The van der Waals surface area contributed by atoms with Crippen molar-refractivity contribution in [2.24, 2.45) is 0 Å². The summed E-state index contributed by atoms with van der Waals surface area (Å²) in [7, 11) is 0. The molecule has 0 aliphatic heterocycles. The molecule has 0 amide bonds. The first-order valence-corrected chi connectivity index (χ1v) is 20.1. The van der Waals surface area contributed by atoms with Crippen molar-refractivity contribution < 1.29 is 0 Å². The third kappa shape index (κ3) is 4.67. The molecule has 0 aliphatic carbocycles. The van der Waals surface area contributed by atoms with Gasteiger partial charge in [0.05, 0.1) is 22.2 Å². The fraction of sp³-hybridized carbons (Fsp3) is 0. The number of hydrogen-bond acceptors (Lipinski definition) is 4. The molecular weight excluding hydrogens is 707 g/mol. The number of aromatic nitrogens is 3. The van der Waals surface area contributed by atoms with E-state index in [1.165, 1.54) is 62.2 Å². The van der Waals surface area contributed by atoms with Crippen LogP contribution in [0.5, 0.6) is 0 Å². The van der Waals surface area contributed by atoms with Crippen LogP contribution < -0.4 is 0 Å². The van der Waals surface area contributed by atoms with Gasteiger partial charge in [0.25, 0.3) is 0 Å². The minimum atomic E-state index is 0.746. The normalized spacial score (nSPS) is 12.0. The molecule has 12 rings (SSSR count). The number of thiophene rings is 2. The number of fused-ring (bicyclic) bond motifs is 10. The molecule has 4 aromatic heterocycles. The summed E-state index contributed by atoms with van der Waals surface area (Å²) in [5.74, 6) is 0.746. The molecule has 55 heavy (non-hydrogen) atoms. The van der Waals surface area contributed by atoms with Crippen LogP contribution in [0, 0.1) is 0 Å². The zero-order valence-electron chi connectivity index (χ0n) is 29.4. The Balaban J connectivity index is 1.12. The van der Waals surface area contributed by atoms with E-state index in [-0.39, 0.29) is 0 Å². The first kappa shape index (κ1) is 30.8. The second-order valence-corrected chi connectivity index (χ2v) is 16.3. The average Bonchev–Trinajstić information content (AvgIpc) is 3.93. The lowest BCUT2D eigenvalue weighted by Crippen LogP contribution is -1.96. The Bertz CT molecular complexity index is 3500. The maximum Gasteiger partial charge on any atom is 0.161 e. The Hall–Kier alpha value is -6.66. The van der Waals surface area contributed by atoms with Crippen LogP contribution in [0.15, 0.2) is 176 Å². The number of benzene rings is 8. The smallest absolute Gasteiger partial charge is 0.161 e. The summed E-state index contributed by atoms with van der Waals surface area (Å²) in [6.07, 6.45) is 0. The SMILES string of the molecule is c1ccc(-n2c3ccccc3c3cc(-c4ccc5nc(-c6cccc7sc8ccccc8c67)nc(-c6cccc7sc8ccccc8c67)c5c4)ccc32)cc1. The van der Waals surface area contributed by atoms with Gasteiger partial charge in [0.1, 0.15) is 0 Å². The molecule has 0 aliphatic rings. The molecule has 4 heterocycles. The molecule has 3 nitrogen and oxygen atoms in total. The number of para-hydroxylation sites is 2. The maximum absolute atomic E-state index is 5.57. The Morgan fingerprint density at radius 3 is 1.69 bits per heavy atom. The van der Waals surface area contributed by atoms with E-state index < -0.39 is 0 Å². The Kier molecular flexibility index (Phi) is 6.67. The third-order valence-electron chi connectivity index (χ3n) is 11.0. The van der Waals surface area contributed by atoms with Crippen molar-refractivity contribution in [2.45, 2.75) is 0 Å². The van der Waals surface area contributed by atoms with Gasteiger partial charge in [-0.15, -0.1) is 22.7 Å². The lowest BCUT2D eigenvalue weighted by Gasteiger charge is -2.13. The van der Waals surface area contributed by atoms with E-state index in [2.05, 4.69) is 180 Å². The molecule has 0 saturated heterocycles. The van der Waals surface area contributed by atoms with Crippen molar-refractivity contribution in [3.8, 4) is 39.5 Å². The molecule has 0 spiro atoms. The first-order chi connectivity index (χ1) is 27.3. The van der Waals surface area contributed by atoms with Crippen LogP contribution >= 0.6 is 22.7 Å². The summed E-state index contributed by atoms with van der Waals surface area (Å²) >= 11 is 3.66. The van der Waals surface area contributed by atoms with E-state index in [1.54, 1.807) is 0 Å². The quantitative estimate of drug-likeness (QED) is 0.180. The van der Waals surface area contributed by atoms with Crippen LogP contribution in [0.2, 0.25) is 0 Å². The van der Waals surface area contributed by atoms with Crippen LogP contribution in [0.4, 0.5) is 0 Å². The Labute approximate surface area is 324 Å². The van der Waals surface area contributed by atoms with Crippen molar-refractivity contribution in [1.29, 1.82) is 0 Å². The zero-order chi connectivity index (χ0) is 36.0. The van der Waals surface area contributed by atoms with Gasteiger partial charge in [0, 0.05) is 73.3 Å². The van der Waals surface area contributed by atoms with E-state index >= 15 is 0 Å². The summed E-state index contributed by atoms with van der Waals surface area (Å²) in [6, 6.07) is 63.5. The highest BCUT2D eigenvalue weighted by Gasteiger charge is 2.20. The van der Waals surface area contributed by atoms with Gasteiger partial charge in [-0.05, 0) is 77.9 Å². The fourth-order valence-corrected chi connectivity index (χ4v) is 10.8. The highest BCUT2D eigenvalue weighted by Crippen LogP contribution is 2.44. The summed E-state index contributed by atoms with van der Waals surface area (Å²) in [6.45, 7) is 0. The molecule has 5 heteroatoms. The highest BCUT2D eigenvalue weighted by molar-refractivity contribution is 7.26. The van der Waals surface area contributed by atoms with Crippen molar-refractivity contribution >= 4 is 95.7 Å². The van der Waals surface area contributed by atoms with Gasteiger partial charge < -0.3 is 4.57 Å². The highest BCUT2D eigenvalue weighted by atomic mass is 32.1. The van der Waals surface area contributed by atoms with E-state index in [1.807, 2.05) is 22.7 Å². The van der Waals surface area contributed by atoms with Crippen LogP contribution in [-0.2, 0) is 0 Å². The summed E-state index contributed by atoms with van der Waals surface area (Å²) in [5.41, 5.74) is 9.92. The molecule has 0 saturated carbocycles. The molecule has 0 unspecified atom stereocenters. The fourth-order valence-electron chi connectivity index (χ4n) is 8.57. The van der Waals surface area contributed by atoms with Crippen LogP contribution in [0.25, 0.3) is 113 Å². The molecule has 12 aromatic rings. The minimum Gasteiger partial charge on any atom is -0.309 e. The average molecular weight is 736 g/mol. The van der Waals surface area contributed by atoms with Gasteiger partial charge in [0.15, 0.2) is 5.82 Å². The Morgan fingerprint density at radius 2 is 0.945 bits per heavy atom. The van der Waals surface area contributed by atoms with Gasteiger partial charge in [0.2, 0.25) is 0 Å². The van der Waals surface area contributed by atoms with Gasteiger partial charge >= 0.3 is 0 Å². The van der Waals surface area contributed by atoms with Crippen molar-refractivity contribution in [3.63, 3.8) is 0 Å². The topological polar surface area (TPSA) is 30.7 Å². The predicted octanol–water partition coefficient (Wildman–Crippen LogP) is 14.5. The minimum absolute atomic E-state index is 0.746. The van der Waals surface area contributed by atoms with Crippen molar-refractivity contribution in [1.82, 2.24) is 14.5 Å². The standard InChI is InChI=1S/C50H29N3S2/c1-2-12-32(13-3-1)53-41-19-7-4-14-33(41)38-28-31(25-27-42(38)53)30-24-26-40-39(29-30)49(36-17-10-22-45-47(36)34-15-5-8-20-43(34)54-45)52-50(51-40)37-18-11-23-46-48(37)35-16-6-9-21-44(35)55-46/h1-29H. The van der Waals surface area contributed by atoms with E-state index in [0.29, 0.717) is 0 Å².